The first-order valence-electron chi connectivity index (χ1n) is 7.26. The van der Waals surface area contributed by atoms with Crippen molar-refractivity contribution >= 4 is 40.3 Å². The molecule has 0 saturated carbocycles. The number of phenols is 1. The molecule has 1 amide bonds. The zero-order valence-corrected chi connectivity index (χ0v) is 13.9. The minimum atomic E-state index is -0.464. The van der Waals surface area contributed by atoms with Crippen LogP contribution in [0.5, 0.6) is 5.75 Å². The van der Waals surface area contributed by atoms with E-state index in [1.54, 1.807) is 43.3 Å². The molecule has 1 aliphatic heterocycles. The van der Waals surface area contributed by atoms with E-state index in [1.807, 2.05) is 0 Å². The summed E-state index contributed by atoms with van der Waals surface area (Å²) in [5, 5.41) is 23.1. The molecule has 3 rings (SSSR count). The first-order valence-corrected chi connectivity index (χ1v) is 8.08. The van der Waals surface area contributed by atoms with Gasteiger partial charge in [0, 0.05) is 12.1 Å². The molecule has 2 aromatic rings. The minimum absolute atomic E-state index is 0.00234. The van der Waals surface area contributed by atoms with Crippen molar-refractivity contribution < 1.29 is 14.8 Å². The Morgan fingerprint density at radius 2 is 1.96 bits per heavy atom. The molecular formula is C17H13N3O4S. The first kappa shape index (κ1) is 16.7. The molecule has 0 spiro atoms. The zero-order chi connectivity index (χ0) is 18.0. The van der Waals surface area contributed by atoms with E-state index in [2.05, 4.69) is 10.3 Å². The van der Waals surface area contributed by atoms with E-state index in [-0.39, 0.29) is 17.3 Å². The van der Waals surface area contributed by atoms with Crippen LogP contribution in [0.15, 0.2) is 52.4 Å². The summed E-state index contributed by atoms with van der Waals surface area (Å²) in [5.74, 6) is -0.113. The van der Waals surface area contributed by atoms with Gasteiger partial charge in [-0.05, 0) is 54.1 Å². The maximum absolute atomic E-state index is 12.1. The number of aliphatic imine (C=N–C) groups is 1. The van der Waals surface area contributed by atoms with Crippen LogP contribution in [0.25, 0.3) is 6.08 Å². The number of nitro groups is 1. The monoisotopic (exact) mass is 355 g/mol. The first-order chi connectivity index (χ1) is 11.9. The van der Waals surface area contributed by atoms with Gasteiger partial charge in [0.15, 0.2) is 5.17 Å². The standard InChI is InChI=1S/C17H13N3O4S/c1-10-8-12(20(23)24)4-7-14(10)18-17-19-16(22)15(25-17)9-11-2-5-13(21)6-3-11/h2-9,21H,1H3,(H,18,19,22)/b15-9-. The molecule has 0 unspecified atom stereocenters. The third-order valence-corrected chi connectivity index (χ3v) is 4.36. The van der Waals surface area contributed by atoms with Gasteiger partial charge in [0.25, 0.3) is 11.6 Å². The van der Waals surface area contributed by atoms with Gasteiger partial charge in [-0.15, -0.1) is 0 Å². The molecule has 0 aliphatic carbocycles. The molecule has 0 radical (unpaired) electrons. The molecule has 1 heterocycles. The molecule has 1 aliphatic rings. The lowest BCUT2D eigenvalue weighted by molar-refractivity contribution is -0.384. The maximum atomic E-state index is 12.1. The Morgan fingerprint density at radius 1 is 1.24 bits per heavy atom. The topological polar surface area (TPSA) is 105 Å². The lowest BCUT2D eigenvalue weighted by Crippen LogP contribution is -2.19. The Bertz CT molecular complexity index is 920. The van der Waals surface area contributed by atoms with Crippen molar-refractivity contribution in [1.82, 2.24) is 5.32 Å². The number of benzene rings is 2. The number of thioether (sulfide) groups is 1. The number of carbonyl (C=O) groups is 1. The third kappa shape index (κ3) is 3.86. The van der Waals surface area contributed by atoms with Crippen molar-refractivity contribution in [2.24, 2.45) is 4.99 Å². The zero-order valence-electron chi connectivity index (χ0n) is 13.1. The van der Waals surface area contributed by atoms with Gasteiger partial charge in [0.05, 0.1) is 15.5 Å². The Hall–Kier alpha value is -3.13. The highest BCUT2D eigenvalue weighted by Gasteiger charge is 2.24. The molecule has 0 aromatic heterocycles. The normalized spacial score (nSPS) is 17.1. The average molecular weight is 355 g/mol. The molecular weight excluding hydrogens is 342 g/mol. The van der Waals surface area contributed by atoms with E-state index in [4.69, 9.17) is 0 Å². The Balaban J connectivity index is 1.83. The maximum Gasteiger partial charge on any atom is 0.269 e. The molecule has 7 nitrogen and oxygen atoms in total. The fourth-order valence-corrected chi connectivity index (χ4v) is 3.03. The number of carbonyl (C=O) groups excluding carboxylic acids is 1. The van der Waals surface area contributed by atoms with Gasteiger partial charge >= 0.3 is 0 Å². The van der Waals surface area contributed by atoms with Crippen molar-refractivity contribution in [2.75, 3.05) is 0 Å². The van der Waals surface area contributed by atoms with Gasteiger partial charge in [-0.25, -0.2) is 4.99 Å². The number of hydrogen-bond donors (Lipinski definition) is 2. The minimum Gasteiger partial charge on any atom is -0.508 e. The van der Waals surface area contributed by atoms with Crippen LogP contribution in [0, 0.1) is 17.0 Å². The summed E-state index contributed by atoms with van der Waals surface area (Å²) < 4.78 is 0. The molecule has 0 bridgehead atoms. The number of phenolic OH excluding ortho intramolecular Hbond substituents is 1. The van der Waals surface area contributed by atoms with Crippen LogP contribution in [-0.4, -0.2) is 21.1 Å². The van der Waals surface area contributed by atoms with E-state index >= 15 is 0 Å². The number of amides is 1. The highest BCUT2D eigenvalue weighted by Crippen LogP contribution is 2.30. The number of nitrogens with zero attached hydrogens (tertiary/aromatic N) is 2. The number of hydrogen-bond acceptors (Lipinski definition) is 6. The molecule has 2 N–H and O–H groups in total. The molecule has 8 heteroatoms. The van der Waals surface area contributed by atoms with Crippen molar-refractivity contribution in [3.8, 4) is 5.75 Å². The summed E-state index contributed by atoms with van der Waals surface area (Å²) in [7, 11) is 0. The quantitative estimate of drug-likeness (QED) is 0.498. The predicted molar refractivity (Wildman–Crippen MR) is 96.7 cm³/mol. The van der Waals surface area contributed by atoms with E-state index < -0.39 is 4.92 Å². The average Bonchev–Trinajstić information content (AvgIpc) is 2.91. The SMILES string of the molecule is Cc1cc([N+](=O)[O-])ccc1N=C1NC(=O)/C(=C/c2ccc(O)cc2)S1. The van der Waals surface area contributed by atoms with Crippen molar-refractivity contribution in [2.45, 2.75) is 6.92 Å². The summed E-state index contributed by atoms with van der Waals surface area (Å²) in [6.07, 6.45) is 1.70. The van der Waals surface area contributed by atoms with Crippen LogP contribution in [0.2, 0.25) is 0 Å². The van der Waals surface area contributed by atoms with Crippen LogP contribution in [0.4, 0.5) is 11.4 Å². The number of nitrogens with one attached hydrogen (secondary N) is 1. The van der Waals surface area contributed by atoms with Gasteiger partial charge < -0.3 is 10.4 Å². The Morgan fingerprint density at radius 3 is 2.60 bits per heavy atom. The van der Waals surface area contributed by atoms with Crippen LogP contribution >= 0.6 is 11.8 Å². The van der Waals surface area contributed by atoms with Gasteiger partial charge in [0.2, 0.25) is 0 Å². The highest BCUT2D eigenvalue weighted by atomic mass is 32.2. The Kier molecular flexibility index (Phi) is 4.53. The smallest absolute Gasteiger partial charge is 0.269 e. The highest BCUT2D eigenvalue weighted by molar-refractivity contribution is 8.18. The molecule has 25 heavy (non-hydrogen) atoms. The van der Waals surface area contributed by atoms with Gasteiger partial charge in [0.1, 0.15) is 5.75 Å². The van der Waals surface area contributed by atoms with Crippen LogP contribution in [0.1, 0.15) is 11.1 Å². The summed E-state index contributed by atoms with van der Waals surface area (Å²) in [5.41, 5.74) is 1.98. The van der Waals surface area contributed by atoms with E-state index in [9.17, 15) is 20.0 Å². The second-order valence-electron chi connectivity index (χ2n) is 5.30. The van der Waals surface area contributed by atoms with Crippen LogP contribution in [0.3, 0.4) is 0 Å². The number of aromatic hydroxyl groups is 1. The molecule has 1 saturated heterocycles. The van der Waals surface area contributed by atoms with E-state index in [0.29, 0.717) is 21.3 Å². The van der Waals surface area contributed by atoms with Gasteiger partial charge in [-0.1, -0.05) is 12.1 Å². The van der Waals surface area contributed by atoms with E-state index in [0.717, 1.165) is 5.56 Å². The number of rotatable bonds is 3. The van der Waals surface area contributed by atoms with Crippen molar-refractivity contribution in [1.29, 1.82) is 0 Å². The summed E-state index contributed by atoms with van der Waals surface area (Å²) in [6, 6.07) is 10.8. The lowest BCUT2D eigenvalue weighted by Gasteiger charge is -2.01. The summed E-state index contributed by atoms with van der Waals surface area (Å²) >= 11 is 1.19. The Labute approximate surface area is 147 Å². The van der Waals surface area contributed by atoms with Gasteiger partial charge in [-0.3, -0.25) is 14.9 Å². The van der Waals surface area contributed by atoms with Crippen molar-refractivity contribution in [3.05, 3.63) is 68.6 Å². The number of non-ortho nitro benzene ring substituents is 1. The molecule has 126 valence electrons. The van der Waals surface area contributed by atoms with Crippen molar-refractivity contribution in [3.63, 3.8) is 0 Å². The number of amidine groups is 1. The lowest BCUT2D eigenvalue weighted by atomic mass is 10.2. The fraction of sp³-hybridized carbons (Fsp3) is 0.0588. The number of aryl methyl sites for hydroxylation is 1. The largest absolute Gasteiger partial charge is 0.508 e. The van der Waals surface area contributed by atoms with Crippen LogP contribution < -0.4 is 5.32 Å². The second-order valence-corrected chi connectivity index (χ2v) is 6.33. The molecule has 1 fully saturated rings. The number of nitro benzene ring substituents is 1. The molecule has 2 aromatic carbocycles. The van der Waals surface area contributed by atoms with E-state index in [1.165, 1.54) is 23.9 Å². The van der Waals surface area contributed by atoms with Gasteiger partial charge in [-0.2, -0.15) is 0 Å². The fourth-order valence-electron chi connectivity index (χ4n) is 2.19. The van der Waals surface area contributed by atoms with Crippen LogP contribution in [-0.2, 0) is 4.79 Å². The third-order valence-electron chi connectivity index (χ3n) is 3.45. The summed E-state index contributed by atoms with van der Waals surface area (Å²) in [4.78, 5) is 27.2. The second kappa shape index (κ2) is 6.78. The molecule has 0 atom stereocenters. The summed E-state index contributed by atoms with van der Waals surface area (Å²) in [6.45, 7) is 1.72. The predicted octanol–water partition coefficient (Wildman–Crippen LogP) is 3.50.